The number of nitrogens with one attached hydrogen (secondary N) is 2. The lowest BCUT2D eigenvalue weighted by Crippen LogP contribution is -2.43. The van der Waals surface area contributed by atoms with Crippen LogP contribution in [0.4, 0.5) is 0 Å². The molecule has 0 radical (unpaired) electrons. The van der Waals surface area contributed by atoms with Crippen molar-refractivity contribution in [3.8, 4) is 23.0 Å². The second kappa shape index (κ2) is 11.7. The minimum absolute atomic E-state index is 0.0482. The normalized spacial score (nSPS) is 11.9. The zero-order chi connectivity index (χ0) is 28.1. The van der Waals surface area contributed by atoms with Crippen LogP contribution in [-0.2, 0) is 4.79 Å². The highest BCUT2D eigenvalue weighted by atomic mass is 16.5. The SMILES string of the molecule is COc1cc(C(=O)NNC(=O)COc2ccc3c(c2O)C(=O)c2ccccc2C3=O)ccc1OCCC(C)C. The van der Waals surface area contributed by atoms with Crippen LogP contribution < -0.4 is 25.1 Å². The van der Waals surface area contributed by atoms with Gasteiger partial charge in [-0.1, -0.05) is 38.1 Å². The van der Waals surface area contributed by atoms with Crippen LogP contribution in [0, 0.1) is 5.92 Å². The van der Waals surface area contributed by atoms with Gasteiger partial charge in [-0.25, -0.2) is 0 Å². The van der Waals surface area contributed by atoms with Crippen molar-refractivity contribution in [1.82, 2.24) is 10.9 Å². The Hall–Kier alpha value is -4.86. The van der Waals surface area contributed by atoms with E-state index in [1.54, 1.807) is 24.3 Å². The van der Waals surface area contributed by atoms with Gasteiger partial charge in [0.1, 0.15) is 0 Å². The van der Waals surface area contributed by atoms with Crippen LogP contribution in [0.15, 0.2) is 54.6 Å². The predicted molar refractivity (Wildman–Crippen MR) is 140 cm³/mol. The average Bonchev–Trinajstić information content (AvgIpc) is 2.93. The number of carbonyl (C=O) groups excluding carboxylic acids is 4. The molecular weight excluding hydrogens is 504 g/mol. The summed E-state index contributed by atoms with van der Waals surface area (Å²) in [6, 6.07) is 13.6. The van der Waals surface area contributed by atoms with Crippen molar-refractivity contribution in [3.05, 3.63) is 82.4 Å². The largest absolute Gasteiger partial charge is 0.504 e. The number of fused-ring (bicyclic) bond motifs is 2. The number of phenols is 1. The molecule has 3 aromatic rings. The fraction of sp³-hybridized carbons (Fsp3) is 0.241. The van der Waals surface area contributed by atoms with Gasteiger partial charge in [0.05, 0.1) is 19.3 Å². The lowest BCUT2D eigenvalue weighted by atomic mass is 9.83. The third kappa shape index (κ3) is 5.85. The molecule has 0 saturated heterocycles. The van der Waals surface area contributed by atoms with Crippen LogP contribution >= 0.6 is 0 Å². The van der Waals surface area contributed by atoms with Gasteiger partial charge in [-0.2, -0.15) is 0 Å². The van der Waals surface area contributed by atoms with Crippen molar-refractivity contribution in [2.75, 3.05) is 20.3 Å². The highest BCUT2D eigenvalue weighted by Gasteiger charge is 2.33. The minimum Gasteiger partial charge on any atom is -0.504 e. The summed E-state index contributed by atoms with van der Waals surface area (Å²) in [7, 11) is 1.46. The summed E-state index contributed by atoms with van der Waals surface area (Å²) in [6.07, 6.45) is 0.866. The van der Waals surface area contributed by atoms with Crippen molar-refractivity contribution in [2.24, 2.45) is 5.92 Å². The maximum absolute atomic E-state index is 12.9. The Balaban J connectivity index is 1.35. The molecule has 0 aromatic heterocycles. The van der Waals surface area contributed by atoms with Gasteiger partial charge in [0.2, 0.25) is 0 Å². The zero-order valence-corrected chi connectivity index (χ0v) is 21.7. The first kappa shape index (κ1) is 27.2. The molecule has 202 valence electrons. The van der Waals surface area contributed by atoms with E-state index in [1.807, 2.05) is 0 Å². The van der Waals surface area contributed by atoms with Crippen molar-refractivity contribution < 1.29 is 38.5 Å². The van der Waals surface area contributed by atoms with Gasteiger partial charge < -0.3 is 19.3 Å². The van der Waals surface area contributed by atoms with E-state index in [0.717, 1.165) is 6.42 Å². The summed E-state index contributed by atoms with van der Waals surface area (Å²) in [4.78, 5) is 50.5. The quantitative estimate of drug-likeness (QED) is 0.279. The smallest absolute Gasteiger partial charge is 0.276 e. The summed E-state index contributed by atoms with van der Waals surface area (Å²) in [5.41, 5.74) is 5.01. The zero-order valence-electron chi connectivity index (χ0n) is 21.7. The van der Waals surface area contributed by atoms with E-state index in [0.29, 0.717) is 24.0 Å². The van der Waals surface area contributed by atoms with E-state index in [2.05, 4.69) is 24.7 Å². The average molecular weight is 533 g/mol. The Morgan fingerprint density at radius 2 is 1.54 bits per heavy atom. The van der Waals surface area contributed by atoms with Gasteiger partial charge in [-0.3, -0.25) is 30.0 Å². The van der Waals surface area contributed by atoms with Crippen molar-refractivity contribution >= 4 is 23.4 Å². The Bertz CT molecular complexity index is 1450. The van der Waals surface area contributed by atoms with E-state index >= 15 is 0 Å². The van der Waals surface area contributed by atoms with Crippen molar-refractivity contribution in [3.63, 3.8) is 0 Å². The Morgan fingerprint density at radius 3 is 2.23 bits per heavy atom. The molecule has 0 spiro atoms. The van der Waals surface area contributed by atoms with Gasteiger partial charge in [-0.15, -0.1) is 0 Å². The van der Waals surface area contributed by atoms with Gasteiger partial charge in [0.25, 0.3) is 11.8 Å². The highest BCUT2D eigenvalue weighted by molar-refractivity contribution is 6.29. The fourth-order valence-electron chi connectivity index (χ4n) is 3.98. The number of methoxy groups -OCH3 is 1. The second-order valence-corrected chi connectivity index (χ2v) is 9.23. The number of hydrogen-bond donors (Lipinski definition) is 3. The molecular formula is C29H28N2O8. The molecule has 0 fully saturated rings. The summed E-state index contributed by atoms with van der Waals surface area (Å²) < 4.78 is 16.4. The van der Waals surface area contributed by atoms with Crippen molar-refractivity contribution in [1.29, 1.82) is 0 Å². The lowest BCUT2D eigenvalue weighted by Gasteiger charge is -2.19. The Labute approximate surface area is 224 Å². The van der Waals surface area contributed by atoms with Crippen molar-refractivity contribution in [2.45, 2.75) is 20.3 Å². The predicted octanol–water partition coefficient (Wildman–Crippen LogP) is 3.44. The number of hydrazine groups is 1. The molecule has 0 unspecified atom stereocenters. The lowest BCUT2D eigenvalue weighted by molar-refractivity contribution is -0.123. The van der Waals surface area contributed by atoms with Crippen LogP contribution in [0.5, 0.6) is 23.0 Å². The molecule has 0 atom stereocenters. The number of phenolic OH excluding ortho intramolecular Hbond substituents is 1. The molecule has 2 amide bonds. The molecule has 0 saturated carbocycles. The van der Waals surface area contributed by atoms with Gasteiger partial charge in [0.15, 0.2) is 41.2 Å². The molecule has 1 aliphatic carbocycles. The summed E-state index contributed by atoms with van der Waals surface area (Å²) in [5.74, 6) is -1.59. The summed E-state index contributed by atoms with van der Waals surface area (Å²) in [5, 5.41) is 10.7. The molecule has 4 rings (SSSR count). The summed E-state index contributed by atoms with van der Waals surface area (Å²) >= 11 is 0. The number of ketones is 2. The van der Waals surface area contributed by atoms with Gasteiger partial charge >= 0.3 is 0 Å². The van der Waals surface area contributed by atoms with E-state index in [1.165, 1.54) is 37.4 Å². The Morgan fingerprint density at radius 1 is 0.846 bits per heavy atom. The second-order valence-electron chi connectivity index (χ2n) is 9.23. The van der Waals surface area contributed by atoms with Gasteiger partial charge in [0, 0.05) is 22.3 Å². The van der Waals surface area contributed by atoms with E-state index in [-0.39, 0.29) is 33.6 Å². The first-order chi connectivity index (χ1) is 18.7. The van der Waals surface area contributed by atoms with E-state index < -0.39 is 35.7 Å². The third-order valence-corrected chi connectivity index (χ3v) is 6.08. The highest BCUT2D eigenvalue weighted by Crippen LogP contribution is 2.38. The first-order valence-corrected chi connectivity index (χ1v) is 12.3. The number of aromatic hydroxyl groups is 1. The molecule has 3 aromatic carbocycles. The topological polar surface area (TPSA) is 140 Å². The molecule has 10 nitrogen and oxygen atoms in total. The van der Waals surface area contributed by atoms with Gasteiger partial charge in [-0.05, 0) is 42.7 Å². The molecule has 1 aliphatic rings. The van der Waals surface area contributed by atoms with Crippen LogP contribution in [0.1, 0.15) is 62.5 Å². The standard InChI is InChI=1S/C29H28N2O8/c1-16(2)12-13-38-21-10-8-17(14-23(21)37-3)29(36)31-30-24(32)15-39-22-11-9-20-25(28(22)35)27(34)19-7-5-4-6-18(19)26(20)33/h4-11,14,16,35H,12-13,15H2,1-3H3,(H,30,32)(H,31,36). The third-order valence-electron chi connectivity index (χ3n) is 6.08. The van der Waals surface area contributed by atoms with E-state index in [9.17, 15) is 24.3 Å². The molecule has 0 bridgehead atoms. The number of amides is 2. The number of carbonyl (C=O) groups is 4. The molecule has 0 heterocycles. The number of ether oxygens (including phenoxy) is 3. The van der Waals surface area contributed by atoms with Crippen LogP contribution in [0.3, 0.4) is 0 Å². The fourth-order valence-corrected chi connectivity index (χ4v) is 3.98. The van der Waals surface area contributed by atoms with Crippen LogP contribution in [0.2, 0.25) is 0 Å². The molecule has 3 N–H and O–H groups in total. The first-order valence-electron chi connectivity index (χ1n) is 12.3. The monoisotopic (exact) mass is 532 g/mol. The van der Waals surface area contributed by atoms with E-state index in [4.69, 9.17) is 14.2 Å². The maximum Gasteiger partial charge on any atom is 0.276 e. The molecule has 10 heteroatoms. The number of hydrogen-bond acceptors (Lipinski definition) is 8. The number of benzene rings is 3. The maximum atomic E-state index is 12.9. The van der Waals surface area contributed by atoms with Crippen LogP contribution in [0.25, 0.3) is 0 Å². The minimum atomic E-state index is -0.728. The molecule has 0 aliphatic heterocycles. The molecule has 39 heavy (non-hydrogen) atoms. The number of rotatable bonds is 9. The summed E-state index contributed by atoms with van der Waals surface area (Å²) in [6.45, 7) is 4.10. The van der Waals surface area contributed by atoms with Crippen LogP contribution in [-0.4, -0.2) is 48.8 Å². The Kier molecular flexibility index (Phi) is 8.14.